The third-order valence-electron chi connectivity index (χ3n) is 5.08. The first-order valence-corrected chi connectivity index (χ1v) is 12.0. The number of methoxy groups -OCH3 is 1. The van der Waals surface area contributed by atoms with Crippen LogP contribution in [0, 0.1) is 0 Å². The predicted octanol–water partition coefficient (Wildman–Crippen LogP) is 6.64. The molecule has 0 unspecified atom stereocenters. The first-order chi connectivity index (χ1) is 16.9. The Hall–Kier alpha value is -3.46. The Labute approximate surface area is 220 Å². The third-order valence-corrected chi connectivity index (χ3v) is 6.31. The van der Waals surface area contributed by atoms with Gasteiger partial charge in [0.2, 0.25) is 0 Å². The van der Waals surface area contributed by atoms with E-state index in [1.54, 1.807) is 54.6 Å². The molecular formula is C26H19BrClN3O3S. The van der Waals surface area contributed by atoms with E-state index in [0.717, 1.165) is 10.8 Å². The molecule has 0 bridgehead atoms. The summed E-state index contributed by atoms with van der Waals surface area (Å²) >= 11 is 14.8. The summed E-state index contributed by atoms with van der Waals surface area (Å²) in [6.45, 7) is 0. The molecule has 2 amide bonds. The van der Waals surface area contributed by atoms with E-state index in [9.17, 15) is 9.59 Å². The van der Waals surface area contributed by atoms with E-state index in [2.05, 4.69) is 31.9 Å². The molecule has 4 aromatic rings. The van der Waals surface area contributed by atoms with Gasteiger partial charge in [-0.05, 0) is 81.4 Å². The maximum atomic E-state index is 13.0. The number of thiocarbonyl (C=S) groups is 1. The van der Waals surface area contributed by atoms with Gasteiger partial charge in [-0.2, -0.15) is 0 Å². The van der Waals surface area contributed by atoms with Crippen LogP contribution < -0.4 is 20.7 Å². The molecule has 3 N–H and O–H groups in total. The van der Waals surface area contributed by atoms with Gasteiger partial charge in [0.1, 0.15) is 5.75 Å². The summed E-state index contributed by atoms with van der Waals surface area (Å²) in [4.78, 5) is 25.5. The molecule has 0 fully saturated rings. The number of carbonyl (C=O) groups is 2. The minimum absolute atomic E-state index is 0.0969. The molecule has 0 aliphatic carbocycles. The molecule has 0 spiro atoms. The van der Waals surface area contributed by atoms with Gasteiger partial charge in [0, 0.05) is 22.0 Å². The molecule has 0 aliphatic heterocycles. The van der Waals surface area contributed by atoms with Crippen LogP contribution in [-0.4, -0.2) is 24.0 Å². The second kappa shape index (κ2) is 10.9. The number of nitrogens with one attached hydrogen (secondary N) is 3. The van der Waals surface area contributed by atoms with E-state index < -0.39 is 5.91 Å². The summed E-state index contributed by atoms with van der Waals surface area (Å²) in [6, 6.07) is 23.0. The van der Waals surface area contributed by atoms with Gasteiger partial charge < -0.3 is 15.4 Å². The number of hydrogen-bond donors (Lipinski definition) is 3. The van der Waals surface area contributed by atoms with Crippen LogP contribution in [0.5, 0.6) is 5.75 Å². The Balaban J connectivity index is 1.46. The minimum Gasteiger partial charge on any atom is -0.495 e. The molecule has 4 rings (SSSR count). The Morgan fingerprint density at radius 1 is 0.886 bits per heavy atom. The molecule has 9 heteroatoms. The number of carbonyl (C=O) groups excluding carboxylic acids is 2. The Bertz CT molecular complexity index is 1460. The van der Waals surface area contributed by atoms with Crippen LogP contribution in [0.2, 0.25) is 5.02 Å². The lowest BCUT2D eigenvalue weighted by Gasteiger charge is -2.15. The molecule has 35 heavy (non-hydrogen) atoms. The summed E-state index contributed by atoms with van der Waals surface area (Å²) < 4.78 is 6.17. The van der Waals surface area contributed by atoms with Gasteiger partial charge in [0.25, 0.3) is 11.8 Å². The van der Waals surface area contributed by atoms with Crippen LogP contribution in [0.4, 0.5) is 11.4 Å². The van der Waals surface area contributed by atoms with Crippen LogP contribution in [0.3, 0.4) is 0 Å². The number of halogens is 2. The molecule has 176 valence electrons. The zero-order valence-corrected chi connectivity index (χ0v) is 21.6. The second-order valence-electron chi connectivity index (χ2n) is 7.45. The Morgan fingerprint density at radius 2 is 1.60 bits per heavy atom. The fourth-order valence-corrected chi connectivity index (χ4v) is 4.63. The van der Waals surface area contributed by atoms with E-state index in [1.807, 2.05) is 24.3 Å². The van der Waals surface area contributed by atoms with Gasteiger partial charge in [-0.1, -0.05) is 48.0 Å². The fraction of sp³-hybridized carbons (Fsp3) is 0.0385. The van der Waals surface area contributed by atoms with E-state index >= 15 is 0 Å². The standard InChI is InChI=1S/C26H19BrClN3O3S/c1-34-23-21(13-15-6-2-3-11-20(15)22(23)27)25(33)31-26(35)30-19-10-5-9-18(14-19)29-24(32)16-7-4-8-17(28)12-16/h2-14H,1H3,(H,29,32)(H2,30,31,33,35). The quantitative estimate of drug-likeness (QED) is 0.235. The highest BCUT2D eigenvalue weighted by Crippen LogP contribution is 2.36. The van der Waals surface area contributed by atoms with Gasteiger partial charge in [0.05, 0.1) is 17.1 Å². The lowest BCUT2D eigenvalue weighted by Crippen LogP contribution is -2.34. The van der Waals surface area contributed by atoms with Gasteiger partial charge in [-0.3, -0.25) is 14.9 Å². The summed E-state index contributed by atoms with van der Waals surface area (Å²) in [5.74, 6) is -0.305. The normalized spacial score (nSPS) is 10.5. The van der Waals surface area contributed by atoms with Gasteiger partial charge in [-0.15, -0.1) is 0 Å². The lowest BCUT2D eigenvalue weighted by atomic mass is 10.1. The highest BCUT2D eigenvalue weighted by Gasteiger charge is 2.19. The van der Waals surface area contributed by atoms with Crippen molar-refractivity contribution < 1.29 is 14.3 Å². The zero-order chi connectivity index (χ0) is 24.9. The van der Waals surface area contributed by atoms with Crippen LogP contribution in [0.25, 0.3) is 10.8 Å². The molecule has 0 saturated heterocycles. The Morgan fingerprint density at radius 3 is 2.34 bits per heavy atom. The number of anilines is 2. The lowest BCUT2D eigenvalue weighted by molar-refractivity contribution is 0.0973. The molecule has 6 nitrogen and oxygen atoms in total. The minimum atomic E-state index is -0.420. The molecule has 0 saturated carbocycles. The van der Waals surface area contributed by atoms with Crippen molar-refractivity contribution in [3.8, 4) is 5.75 Å². The number of fused-ring (bicyclic) bond motifs is 1. The summed E-state index contributed by atoms with van der Waals surface area (Å²) in [5.41, 5.74) is 1.92. The van der Waals surface area contributed by atoms with Crippen LogP contribution in [-0.2, 0) is 0 Å². The number of amides is 2. The molecule has 0 radical (unpaired) electrons. The van der Waals surface area contributed by atoms with Crippen LogP contribution >= 0.6 is 39.7 Å². The monoisotopic (exact) mass is 567 g/mol. The predicted molar refractivity (Wildman–Crippen MR) is 148 cm³/mol. The van der Waals surface area contributed by atoms with Gasteiger partial charge >= 0.3 is 0 Å². The van der Waals surface area contributed by atoms with Crippen molar-refractivity contribution in [1.82, 2.24) is 5.32 Å². The van der Waals surface area contributed by atoms with Crippen LogP contribution in [0.15, 0.2) is 83.3 Å². The average Bonchev–Trinajstić information content (AvgIpc) is 2.84. The van der Waals surface area contributed by atoms with Crippen molar-refractivity contribution in [3.05, 3.63) is 99.5 Å². The summed E-state index contributed by atoms with van der Waals surface area (Å²) in [6.07, 6.45) is 0. The Kier molecular flexibility index (Phi) is 7.65. The smallest absolute Gasteiger partial charge is 0.261 e. The van der Waals surface area contributed by atoms with E-state index in [0.29, 0.717) is 37.7 Å². The largest absolute Gasteiger partial charge is 0.495 e. The third kappa shape index (κ3) is 5.79. The maximum absolute atomic E-state index is 13.0. The molecule has 0 aliphatic rings. The highest BCUT2D eigenvalue weighted by atomic mass is 79.9. The fourth-order valence-electron chi connectivity index (χ4n) is 3.49. The highest BCUT2D eigenvalue weighted by molar-refractivity contribution is 9.10. The van der Waals surface area contributed by atoms with E-state index in [1.165, 1.54) is 7.11 Å². The maximum Gasteiger partial charge on any atom is 0.261 e. The molecule has 0 aromatic heterocycles. The molecule has 4 aromatic carbocycles. The van der Waals surface area contributed by atoms with Gasteiger partial charge in [-0.25, -0.2) is 0 Å². The number of ether oxygens (including phenoxy) is 1. The number of benzene rings is 4. The molecular weight excluding hydrogens is 550 g/mol. The first-order valence-electron chi connectivity index (χ1n) is 10.4. The summed E-state index contributed by atoms with van der Waals surface area (Å²) in [7, 11) is 1.51. The second-order valence-corrected chi connectivity index (χ2v) is 9.08. The van der Waals surface area contributed by atoms with Crippen molar-refractivity contribution >= 4 is 78.8 Å². The molecule has 0 atom stereocenters. The van der Waals surface area contributed by atoms with Crippen molar-refractivity contribution in [1.29, 1.82) is 0 Å². The van der Waals surface area contributed by atoms with E-state index in [4.69, 9.17) is 28.6 Å². The summed E-state index contributed by atoms with van der Waals surface area (Å²) in [5, 5.41) is 10.8. The van der Waals surface area contributed by atoms with Crippen molar-refractivity contribution in [2.75, 3.05) is 17.7 Å². The SMILES string of the molecule is COc1c(C(=O)NC(=S)Nc2cccc(NC(=O)c3cccc(Cl)c3)c2)cc2ccccc2c1Br. The van der Waals surface area contributed by atoms with Crippen LogP contribution in [0.1, 0.15) is 20.7 Å². The number of hydrogen-bond acceptors (Lipinski definition) is 4. The first kappa shape index (κ1) is 24.7. The van der Waals surface area contributed by atoms with Crippen molar-refractivity contribution in [2.45, 2.75) is 0 Å². The zero-order valence-electron chi connectivity index (χ0n) is 18.4. The van der Waals surface area contributed by atoms with Gasteiger partial charge in [0.15, 0.2) is 5.11 Å². The average molecular weight is 569 g/mol. The van der Waals surface area contributed by atoms with E-state index in [-0.39, 0.29) is 11.0 Å². The van der Waals surface area contributed by atoms with Crippen molar-refractivity contribution in [2.24, 2.45) is 0 Å². The number of rotatable bonds is 5. The molecule has 0 heterocycles. The topological polar surface area (TPSA) is 79.5 Å². The van der Waals surface area contributed by atoms with Crippen molar-refractivity contribution in [3.63, 3.8) is 0 Å².